The molecule has 2 heterocycles. The van der Waals surface area contributed by atoms with Crippen molar-refractivity contribution in [3.05, 3.63) is 64.1 Å². The van der Waals surface area contributed by atoms with Gasteiger partial charge >= 0.3 is 0 Å². The summed E-state index contributed by atoms with van der Waals surface area (Å²) in [4.78, 5) is 20.9. The molecule has 3 aliphatic rings. The van der Waals surface area contributed by atoms with Gasteiger partial charge in [-0.3, -0.25) is 4.79 Å². The van der Waals surface area contributed by atoms with Gasteiger partial charge in [0.25, 0.3) is 11.5 Å². The molecule has 1 N–H and O–H groups in total. The van der Waals surface area contributed by atoms with Gasteiger partial charge in [0, 0.05) is 44.0 Å². The molecule has 0 radical (unpaired) electrons. The number of nitrogens with one attached hydrogen (secondary N) is 1. The van der Waals surface area contributed by atoms with Crippen molar-refractivity contribution in [1.82, 2.24) is 14.5 Å². The van der Waals surface area contributed by atoms with Crippen LogP contribution in [0.3, 0.4) is 0 Å². The van der Waals surface area contributed by atoms with Gasteiger partial charge in [-0.2, -0.15) is 0 Å². The van der Waals surface area contributed by atoms with Crippen LogP contribution in [0.25, 0.3) is 10.9 Å². The lowest BCUT2D eigenvalue weighted by Gasteiger charge is -2.66. The fourth-order valence-electron chi connectivity index (χ4n) is 4.89. The summed E-state index contributed by atoms with van der Waals surface area (Å²) in [6, 6.07) is 4.56. The van der Waals surface area contributed by atoms with E-state index in [-0.39, 0.29) is 11.1 Å². The summed E-state index contributed by atoms with van der Waals surface area (Å²) in [7, 11) is 0. The van der Waals surface area contributed by atoms with E-state index in [1.807, 2.05) is 0 Å². The molecular weight excluding hydrogens is 412 g/mol. The van der Waals surface area contributed by atoms with Gasteiger partial charge in [-0.05, 0) is 6.92 Å². The van der Waals surface area contributed by atoms with Crippen LogP contribution < -0.4 is 10.9 Å². The molecule has 0 spiro atoms. The molecule has 3 saturated carbocycles. The molecular formula is C22H20F4N4O. The monoisotopic (exact) mass is 432 g/mol. The molecule has 3 aliphatic carbocycles. The minimum Gasteiger partial charge on any atom is -0.363 e. The number of anilines is 1. The molecule has 9 heteroatoms. The van der Waals surface area contributed by atoms with Gasteiger partial charge < -0.3 is 9.88 Å². The summed E-state index contributed by atoms with van der Waals surface area (Å²) in [5.41, 5.74) is -2.16. The Morgan fingerprint density at radius 1 is 1.23 bits per heavy atom. The van der Waals surface area contributed by atoms with E-state index in [4.69, 9.17) is 0 Å². The first-order chi connectivity index (χ1) is 14.5. The third-order valence-electron chi connectivity index (χ3n) is 6.44. The molecule has 3 aromatic rings. The van der Waals surface area contributed by atoms with Crippen LogP contribution in [-0.2, 0) is 11.5 Å². The van der Waals surface area contributed by atoms with Crippen molar-refractivity contribution < 1.29 is 17.6 Å². The first-order valence-corrected chi connectivity index (χ1v) is 10.0. The predicted octanol–water partition coefficient (Wildman–Crippen LogP) is 4.82. The van der Waals surface area contributed by atoms with Crippen LogP contribution in [0, 0.1) is 5.82 Å². The number of nitrogens with zero attached hydrogens (tertiary/aromatic N) is 3. The molecule has 0 aliphatic heterocycles. The Morgan fingerprint density at radius 3 is 2.58 bits per heavy atom. The minimum absolute atomic E-state index is 0.0675. The molecule has 0 saturated heterocycles. The van der Waals surface area contributed by atoms with Crippen molar-refractivity contribution in [1.29, 1.82) is 0 Å². The van der Waals surface area contributed by atoms with Crippen LogP contribution in [0.4, 0.5) is 23.4 Å². The maximum absolute atomic E-state index is 14.8. The zero-order valence-corrected chi connectivity index (χ0v) is 16.9. The third-order valence-corrected chi connectivity index (χ3v) is 6.44. The van der Waals surface area contributed by atoms with Crippen molar-refractivity contribution in [3.8, 4) is 0 Å². The molecule has 1 atom stereocenters. The topological polar surface area (TPSA) is 59.8 Å². The highest BCUT2D eigenvalue weighted by Crippen LogP contribution is 2.67. The summed E-state index contributed by atoms with van der Waals surface area (Å²) >= 11 is 0. The van der Waals surface area contributed by atoms with E-state index in [9.17, 15) is 22.4 Å². The highest BCUT2D eigenvalue weighted by Gasteiger charge is 2.70. The number of pyridine rings is 1. The SMILES string of the molecule is C[C@@H](Nc1ncnc2cc(=O)n(C34CC(F)(C3)C4)cc12)c1cccc(C(C)(F)F)c1F. The minimum atomic E-state index is -3.31. The second-order valence-electron chi connectivity index (χ2n) is 8.87. The second kappa shape index (κ2) is 6.27. The highest BCUT2D eigenvalue weighted by molar-refractivity contribution is 5.88. The molecule has 31 heavy (non-hydrogen) atoms. The van der Waals surface area contributed by atoms with E-state index in [0.29, 0.717) is 42.9 Å². The van der Waals surface area contributed by atoms with Crippen LogP contribution in [-0.4, -0.2) is 20.2 Å². The number of benzene rings is 1. The van der Waals surface area contributed by atoms with Gasteiger partial charge in [0.2, 0.25) is 0 Å². The normalized spacial score (nSPS) is 25.6. The van der Waals surface area contributed by atoms with Crippen LogP contribution in [0.2, 0.25) is 0 Å². The van der Waals surface area contributed by atoms with Gasteiger partial charge in [-0.15, -0.1) is 0 Å². The van der Waals surface area contributed by atoms with E-state index < -0.39 is 34.6 Å². The quantitative estimate of drug-likeness (QED) is 0.588. The van der Waals surface area contributed by atoms with Gasteiger partial charge in [0.1, 0.15) is 23.6 Å². The molecule has 6 rings (SSSR count). The van der Waals surface area contributed by atoms with Crippen molar-refractivity contribution in [2.24, 2.45) is 0 Å². The summed E-state index contributed by atoms with van der Waals surface area (Å²) in [5, 5.41) is 3.57. The van der Waals surface area contributed by atoms with E-state index in [0.717, 1.165) is 6.07 Å². The van der Waals surface area contributed by atoms with Gasteiger partial charge in [0.05, 0.1) is 28.0 Å². The number of alkyl halides is 3. The maximum Gasteiger partial charge on any atom is 0.273 e. The molecule has 1 aromatic carbocycles. The second-order valence-corrected chi connectivity index (χ2v) is 8.87. The summed E-state index contributed by atoms with van der Waals surface area (Å²) < 4.78 is 57.7. The number of rotatable bonds is 5. The van der Waals surface area contributed by atoms with Crippen LogP contribution in [0.15, 0.2) is 41.6 Å². The number of aromatic nitrogens is 3. The van der Waals surface area contributed by atoms with E-state index >= 15 is 0 Å². The summed E-state index contributed by atoms with van der Waals surface area (Å²) in [6.45, 7) is 2.28. The smallest absolute Gasteiger partial charge is 0.273 e. The lowest BCUT2D eigenvalue weighted by Crippen LogP contribution is -2.71. The van der Waals surface area contributed by atoms with Crippen molar-refractivity contribution in [2.75, 3.05) is 5.32 Å². The van der Waals surface area contributed by atoms with E-state index in [1.165, 1.54) is 29.1 Å². The molecule has 2 bridgehead atoms. The Bertz CT molecular complexity index is 1250. The number of hydrogen-bond donors (Lipinski definition) is 1. The fourth-order valence-corrected chi connectivity index (χ4v) is 4.89. The maximum atomic E-state index is 14.8. The van der Waals surface area contributed by atoms with Crippen LogP contribution in [0.5, 0.6) is 0 Å². The highest BCUT2D eigenvalue weighted by atomic mass is 19.3. The van der Waals surface area contributed by atoms with Crippen molar-refractivity contribution >= 4 is 16.7 Å². The predicted molar refractivity (Wildman–Crippen MR) is 107 cm³/mol. The fraction of sp³-hybridized carbons (Fsp3) is 0.409. The Hall–Kier alpha value is -2.97. The van der Waals surface area contributed by atoms with Crippen molar-refractivity contribution in [2.45, 2.75) is 56.3 Å². The third kappa shape index (κ3) is 3.01. The van der Waals surface area contributed by atoms with Crippen LogP contribution in [0.1, 0.15) is 50.3 Å². The zero-order valence-electron chi connectivity index (χ0n) is 16.9. The molecule has 5 nitrogen and oxygen atoms in total. The Balaban J connectivity index is 1.52. The summed E-state index contributed by atoms with van der Waals surface area (Å²) in [5.74, 6) is -3.96. The summed E-state index contributed by atoms with van der Waals surface area (Å²) in [6.07, 6.45) is 3.80. The van der Waals surface area contributed by atoms with Gasteiger partial charge in [-0.1, -0.05) is 18.2 Å². The first-order valence-electron chi connectivity index (χ1n) is 10.0. The molecule has 3 fully saturated rings. The Morgan fingerprint density at radius 2 is 1.94 bits per heavy atom. The number of fused-ring (bicyclic) bond motifs is 1. The first kappa shape index (κ1) is 20.0. The van der Waals surface area contributed by atoms with E-state index in [2.05, 4.69) is 15.3 Å². The average Bonchev–Trinajstić information content (AvgIpc) is 2.64. The Labute approximate surface area is 175 Å². The molecule has 162 valence electrons. The van der Waals surface area contributed by atoms with Gasteiger partial charge in [0.15, 0.2) is 0 Å². The molecule has 0 unspecified atom stereocenters. The molecule has 0 amide bonds. The molecule has 2 aromatic heterocycles. The lowest BCUT2D eigenvalue weighted by molar-refractivity contribution is -0.199. The number of hydrogen-bond acceptors (Lipinski definition) is 4. The largest absolute Gasteiger partial charge is 0.363 e. The van der Waals surface area contributed by atoms with Crippen molar-refractivity contribution in [3.63, 3.8) is 0 Å². The lowest BCUT2D eigenvalue weighted by atomic mass is 9.47. The van der Waals surface area contributed by atoms with Gasteiger partial charge in [-0.25, -0.2) is 27.5 Å². The van der Waals surface area contributed by atoms with E-state index in [1.54, 1.807) is 13.1 Å². The van der Waals surface area contributed by atoms with Crippen LogP contribution >= 0.6 is 0 Å². The average molecular weight is 432 g/mol. The standard InChI is InChI=1S/C22H20F4N4O/c1-12(13-4-3-5-15(18(13)23)20(2,24)25)29-19-14-7-30(22-8-21(26,9-22)10-22)17(31)6-16(14)27-11-28-19/h3-7,11-12H,8-10H2,1-2H3,(H,27,28,29)/t12-,21?,22?/m1/s1. The zero-order chi connectivity index (χ0) is 22.2. The number of halogens is 4. The Kier molecular flexibility index (Phi) is 4.04.